The van der Waals surface area contributed by atoms with E-state index in [1.165, 1.54) is 7.11 Å². The van der Waals surface area contributed by atoms with Crippen LogP contribution in [0.1, 0.15) is 12.5 Å². The minimum absolute atomic E-state index is 0.102. The van der Waals surface area contributed by atoms with Crippen LogP contribution in [-0.4, -0.2) is 22.1 Å². The van der Waals surface area contributed by atoms with E-state index in [0.717, 1.165) is 5.41 Å². The summed E-state index contributed by atoms with van der Waals surface area (Å²) in [6.45, 7) is 1.71. The molecule has 0 aliphatic carbocycles. The smallest absolute Gasteiger partial charge is 0.293 e. The molecule has 0 radical (unpaired) electrons. The summed E-state index contributed by atoms with van der Waals surface area (Å²) in [5, 5.41) is 0.978. The molecule has 0 bridgehead atoms. The summed E-state index contributed by atoms with van der Waals surface area (Å²) in [6.07, 6.45) is 0. The molecule has 0 N–H and O–H groups in total. The maximum Gasteiger partial charge on any atom is 0.293 e. The number of hydrogen-bond donors (Lipinski definition) is 0. The zero-order chi connectivity index (χ0) is 12.0. The quantitative estimate of drug-likeness (QED) is 0.585. The van der Waals surface area contributed by atoms with Gasteiger partial charge >= 0.3 is 0 Å². The monoisotopic (exact) mass is 242 g/mol. The lowest BCUT2D eigenvalue weighted by molar-refractivity contribution is 0.341. The SMILES string of the molecule is CCOS(=O)(=O)/C=C(\OC)c1ccccc1. The van der Waals surface area contributed by atoms with Crippen molar-refractivity contribution in [1.29, 1.82) is 0 Å². The Morgan fingerprint density at radius 1 is 1.31 bits per heavy atom. The average Bonchev–Trinajstić information content (AvgIpc) is 2.27. The molecule has 4 nitrogen and oxygen atoms in total. The first-order chi connectivity index (χ1) is 7.59. The molecule has 0 aliphatic heterocycles. The maximum absolute atomic E-state index is 11.4. The van der Waals surface area contributed by atoms with E-state index in [1.807, 2.05) is 6.07 Å². The average molecular weight is 242 g/mol. The lowest BCUT2D eigenvalue weighted by Crippen LogP contribution is -2.03. The Kier molecular flexibility index (Phi) is 4.52. The first-order valence-corrected chi connectivity index (χ1v) is 6.26. The fourth-order valence-electron chi connectivity index (χ4n) is 1.17. The van der Waals surface area contributed by atoms with E-state index in [2.05, 4.69) is 4.18 Å². The largest absolute Gasteiger partial charge is 0.495 e. The molecule has 0 aromatic heterocycles. The molecule has 0 atom stereocenters. The Hall–Kier alpha value is -1.33. The van der Waals surface area contributed by atoms with Gasteiger partial charge in [-0.2, -0.15) is 8.42 Å². The van der Waals surface area contributed by atoms with Crippen molar-refractivity contribution in [3.05, 3.63) is 41.3 Å². The third-order valence-electron chi connectivity index (χ3n) is 1.81. The van der Waals surface area contributed by atoms with Crippen LogP contribution in [-0.2, 0) is 19.0 Å². The number of hydrogen-bond acceptors (Lipinski definition) is 4. The van der Waals surface area contributed by atoms with Crippen LogP contribution in [0, 0.1) is 0 Å². The van der Waals surface area contributed by atoms with Crippen molar-refractivity contribution in [3.63, 3.8) is 0 Å². The van der Waals surface area contributed by atoms with Crippen LogP contribution in [0.5, 0.6) is 0 Å². The molecule has 0 spiro atoms. The van der Waals surface area contributed by atoms with E-state index in [-0.39, 0.29) is 12.4 Å². The molecule has 16 heavy (non-hydrogen) atoms. The molecule has 5 heteroatoms. The molecule has 0 unspecified atom stereocenters. The molecule has 1 aromatic rings. The van der Waals surface area contributed by atoms with Crippen molar-refractivity contribution in [2.75, 3.05) is 13.7 Å². The third-order valence-corrected chi connectivity index (χ3v) is 2.88. The molecule has 0 fully saturated rings. The zero-order valence-electron chi connectivity index (χ0n) is 9.21. The second-order valence-electron chi connectivity index (χ2n) is 2.95. The molecule has 0 heterocycles. The van der Waals surface area contributed by atoms with Crippen LogP contribution >= 0.6 is 0 Å². The number of ether oxygens (including phenoxy) is 1. The van der Waals surface area contributed by atoms with Crippen molar-refractivity contribution in [2.45, 2.75) is 6.92 Å². The van der Waals surface area contributed by atoms with Gasteiger partial charge in [-0.1, -0.05) is 30.3 Å². The highest BCUT2D eigenvalue weighted by Crippen LogP contribution is 2.16. The second kappa shape index (κ2) is 5.67. The van der Waals surface area contributed by atoms with Gasteiger partial charge in [0.05, 0.1) is 13.7 Å². The predicted molar refractivity (Wildman–Crippen MR) is 62.0 cm³/mol. The molecular weight excluding hydrogens is 228 g/mol. The van der Waals surface area contributed by atoms with Gasteiger partial charge in [0.25, 0.3) is 10.1 Å². The van der Waals surface area contributed by atoms with Gasteiger partial charge in [-0.3, -0.25) is 4.18 Å². The Labute approximate surface area is 95.6 Å². The summed E-state index contributed by atoms with van der Waals surface area (Å²) in [5.74, 6) is 0.258. The van der Waals surface area contributed by atoms with Gasteiger partial charge in [0.2, 0.25) is 0 Å². The van der Waals surface area contributed by atoms with Crippen molar-refractivity contribution < 1.29 is 17.3 Å². The van der Waals surface area contributed by atoms with Crippen molar-refractivity contribution >= 4 is 15.9 Å². The van der Waals surface area contributed by atoms with E-state index in [4.69, 9.17) is 4.74 Å². The number of rotatable bonds is 5. The summed E-state index contributed by atoms with van der Waals surface area (Å²) >= 11 is 0. The Morgan fingerprint density at radius 2 is 1.94 bits per heavy atom. The summed E-state index contributed by atoms with van der Waals surface area (Å²) < 4.78 is 32.4. The topological polar surface area (TPSA) is 52.6 Å². The molecule has 0 amide bonds. The van der Waals surface area contributed by atoms with E-state index in [1.54, 1.807) is 31.2 Å². The highest BCUT2D eigenvalue weighted by atomic mass is 32.2. The summed E-state index contributed by atoms with van der Waals surface area (Å²) in [7, 11) is -2.26. The highest BCUT2D eigenvalue weighted by molar-refractivity contribution is 7.89. The Balaban J connectivity index is 3.04. The lowest BCUT2D eigenvalue weighted by Gasteiger charge is -2.06. The van der Waals surface area contributed by atoms with E-state index < -0.39 is 10.1 Å². The van der Waals surface area contributed by atoms with Gasteiger partial charge in [0.15, 0.2) is 0 Å². The van der Waals surface area contributed by atoms with Crippen molar-refractivity contribution in [3.8, 4) is 0 Å². The van der Waals surface area contributed by atoms with E-state index in [0.29, 0.717) is 5.56 Å². The van der Waals surface area contributed by atoms with Gasteiger partial charge in [-0.15, -0.1) is 0 Å². The van der Waals surface area contributed by atoms with Gasteiger partial charge in [-0.25, -0.2) is 0 Å². The lowest BCUT2D eigenvalue weighted by atomic mass is 10.2. The standard InChI is InChI=1S/C11H14O4S/c1-3-15-16(12,13)9-11(14-2)10-7-5-4-6-8-10/h4-9H,3H2,1-2H3/b11-9-. The van der Waals surface area contributed by atoms with Crippen LogP contribution in [0.3, 0.4) is 0 Å². The molecule has 88 valence electrons. The second-order valence-corrected chi connectivity index (χ2v) is 4.41. The normalized spacial score (nSPS) is 12.5. The minimum Gasteiger partial charge on any atom is -0.495 e. The predicted octanol–water partition coefficient (Wildman–Crippen LogP) is 2.00. The fraction of sp³-hybridized carbons (Fsp3) is 0.273. The fourth-order valence-corrected chi connectivity index (χ4v) is 2.06. The van der Waals surface area contributed by atoms with Crippen molar-refractivity contribution in [1.82, 2.24) is 0 Å². The molecular formula is C11H14O4S. The van der Waals surface area contributed by atoms with Crippen LogP contribution in [0.2, 0.25) is 0 Å². The minimum atomic E-state index is -3.68. The third kappa shape index (κ3) is 3.67. The Bertz CT molecular complexity index is 448. The van der Waals surface area contributed by atoms with Gasteiger partial charge in [-0.05, 0) is 6.92 Å². The zero-order valence-corrected chi connectivity index (χ0v) is 10.0. The summed E-state index contributed by atoms with van der Waals surface area (Å²) in [5.41, 5.74) is 0.688. The number of benzene rings is 1. The van der Waals surface area contributed by atoms with Crippen LogP contribution in [0.25, 0.3) is 5.76 Å². The van der Waals surface area contributed by atoms with Crippen LogP contribution in [0.4, 0.5) is 0 Å². The molecule has 0 saturated carbocycles. The van der Waals surface area contributed by atoms with Crippen LogP contribution < -0.4 is 0 Å². The molecule has 1 aromatic carbocycles. The first-order valence-electron chi connectivity index (χ1n) is 4.79. The van der Waals surface area contributed by atoms with Crippen LogP contribution in [0.15, 0.2) is 35.7 Å². The molecule has 0 saturated heterocycles. The maximum atomic E-state index is 11.4. The summed E-state index contributed by atoms with van der Waals surface area (Å²) in [6, 6.07) is 8.96. The van der Waals surface area contributed by atoms with E-state index in [9.17, 15) is 8.42 Å². The molecule has 0 aliphatic rings. The molecule has 1 rings (SSSR count). The highest BCUT2D eigenvalue weighted by Gasteiger charge is 2.10. The van der Waals surface area contributed by atoms with Gasteiger partial charge < -0.3 is 4.74 Å². The van der Waals surface area contributed by atoms with Crippen molar-refractivity contribution in [2.24, 2.45) is 0 Å². The first kappa shape index (κ1) is 12.7. The Morgan fingerprint density at radius 3 is 2.44 bits per heavy atom. The summed E-state index contributed by atoms with van der Waals surface area (Å²) in [4.78, 5) is 0. The van der Waals surface area contributed by atoms with Gasteiger partial charge in [0.1, 0.15) is 11.2 Å². The van der Waals surface area contributed by atoms with Gasteiger partial charge in [0, 0.05) is 5.56 Å². The number of methoxy groups -OCH3 is 1. The van der Waals surface area contributed by atoms with E-state index >= 15 is 0 Å².